The first-order valence-electron chi connectivity index (χ1n) is 8.60. The van der Waals surface area contributed by atoms with Crippen LogP contribution in [0.25, 0.3) is 10.9 Å². The Morgan fingerprint density at radius 3 is 3.12 bits per heavy atom. The van der Waals surface area contributed by atoms with E-state index in [-0.39, 0.29) is 17.6 Å². The standard InChI is InChI=1S/C19H22N2O3/c1-2-23-15-11-19(24-12-15)9-10-21(13-19)18(22)17-8-7-14-5-3-4-6-16(14)20-17/h3-8,15H,2,9-13H2,1H3/t15-,19-/m0/s1. The molecule has 2 aromatic rings. The van der Waals surface area contributed by atoms with Crippen LogP contribution in [0, 0.1) is 0 Å². The molecule has 5 nitrogen and oxygen atoms in total. The van der Waals surface area contributed by atoms with Crippen molar-refractivity contribution in [3.8, 4) is 0 Å². The van der Waals surface area contributed by atoms with Gasteiger partial charge in [0.2, 0.25) is 0 Å². The number of carbonyl (C=O) groups excluding carboxylic acids is 1. The van der Waals surface area contributed by atoms with E-state index in [1.165, 1.54) is 0 Å². The van der Waals surface area contributed by atoms with Crippen molar-refractivity contribution in [2.45, 2.75) is 31.5 Å². The fourth-order valence-corrected chi connectivity index (χ4v) is 3.79. The molecule has 2 fully saturated rings. The van der Waals surface area contributed by atoms with Crippen LogP contribution in [0.3, 0.4) is 0 Å². The van der Waals surface area contributed by atoms with Crippen molar-refractivity contribution in [2.75, 3.05) is 26.3 Å². The molecule has 24 heavy (non-hydrogen) atoms. The highest BCUT2D eigenvalue weighted by atomic mass is 16.6. The summed E-state index contributed by atoms with van der Waals surface area (Å²) in [6, 6.07) is 11.6. The molecule has 0 bridgehead atoms. The number of pyridine rings is 1. The minimum Gasteiger partial charge on any atom is -0.376 e. The van der Waals surface area contributed by atoms with E-state index in [4.69, 9.17) is 9.47 Å². The zero-order valence-corrected chi connectivity index (χ0v) is 13.9. The van der Waals surface area contributed by atoms with Crippen molar-refractivity contribution >= 4 is 16.8 Å². The second-order valence-electron chi connectivity index (χ2n) is 6.64. The summed E-state index contributed by atoms with van der Waals surface area (Å²) in [5.41, 5.74) is 1.13. The van der Waals surface area contributed by atoms with Gasteiger partial charge in [-0.2, -0.15) is 0 Å². The van der Waals surface area contributed by atoms with Gasteiger partial charge in [-0.15, -0.1) is 0 Å². The summed E-state index contributed by atoms with van der Waals surface area (Å²) in [6.07, 6.45) is 1.90. The van der Waals surface area contributed by atoms with E-state index in [1.54, 1.807) is 0 Å². The molecule has 126 valence electrons. The van der Waals surface area contributed by atoms with Gasteiger partial charge < -0.3 is 14.4 Å². The first-order valence-corrected chi connectivity index (χ1v) is 8.60. The predicted molar refractivity (Wildman–Crippen MR) is 91.0 cm³/mol. The van der Waals surface area contributed by atoms with E-state index in [1.807, 2.05) is 48.2 Å². The van der Waals surface area contributed by atoms with Crippen LogP contribution in [0.2, 0.25) is 0 Å². The average molecular weight is 326 g/mol. The molecule has 5 heteroatoms. The van der Waals surface area contributed by atoms with E-state index < -0.39 is 0 Å². The zero-order chi connectivity index (χ0) is 16.6. The van der Waals surface area contributed by atoms with Crippen molar-refractivity contribution in [1.82, 2.24) is 9.88 Å². The Kier molecular flexibility index (Phi) is 3.98. The number of rotatable bonds is 3. The second kappa shape index (κ2) is 6.15. The minimum atomic E-state index is -0.230. The smallest absolute Gasteiger partial charge is 0.272 e. The van der Waals surface area contributed by atoms with Gasteiger partial charge >= 0.3 is 0 Å². The monoisotopic (exact) mass is 326 g/mol. The van der Waals surface area contributed by atoms with Crippen LogP contribution in [0.15, 0.2) is 36.4 Å². The molecule has 1 aromatic heterocycles. The van der Waals surface area contributed by atoms with Gasteiger partial charge in [-0.05, 0) is 25.5 Å². The number of amides is 1. The second-order valence-corrected chi connectivity index (χ2v) is 6.64. The summed E-state index contributed by atoms with van der Waals surface area (Å²) >= 11 is 0. The molecule has 0 N–H and O–H groups in total. The lowest BCUT2D eigenvalue weighted by Gasteiger charge is -2.23. The third-order valence-corrected chi connectivity index (χ3v) is 5.00. The van der Waals surface area contributed by atoms with E-state index in [0.29, 0.717) is 32.0 Å². The Balaban J connectivity index is 1.49. The Labute approximate surface area is 141 Å². The summed E-state index contributed by atoms with van der Waals surface area (Å²) in [7, 11) is 0. The molecule has 3 heterocycles. The van der Waals surface area contributed by atoms with Gasteiger partial charge in [0.15, 0.2) is 0 Å². The molecule has 4 rings (SSSR count). The van der Waals surface area contributed by atoms with Crippen molar-refractivity contribution < 1.29 is 14.3 Å². The summed E-state index contributed by atoms with van der Waals surface area (Å²) in [5, 5.41) is 1.05. The maximum Gasteiger partial charge on any atom is 0.272 e. The number of ether oxygens (including phenoxy) is 2. The molecule has 1 spiro atoms. The third kappa shape index (κ3) is 2.78. The molecule has 0 aliphatic carbocycles. The topological polar surface area (TPSA) is 51.7 Å². The van der Waals surface area contributed by atoms with Crippen LogP contribution < -0.4 is 0 Å². The summed E-state index contributed by atoms with van der Waals surface area (Å²) < 4.78 is 11.7. The maximum atomic E-state index is 12.8. The number of hydrogen-bond acceptors (Lipinski definition) is 4. The molecule has 2 aliphatic heterocycles. The Bertz CT molecular complexity index is 763. The molecular formula is C19H22N2O3. The van der Waals surface area contributed by atoms with Gasteiger partial charge in [0.05, 0.1) is 30.4 Å². The molecule has 2 saturated heterocycles. The SMILES string of the molecule is CCO[C@@H]1CO[C@@]2(CCN(C(=O)c3ccc4ccccc4n3)C2)C1. The van der Waals surface area contributed by atoms with Gasteiger partial charge in [0.25, 0.3) is 5.91 Å². The molecule has 1 aromatic carbocycles. The van der Waals surface area contributed by atoms with Gasteiger partial charge in [0, 0.05) is 25.0 Å². The molecule has 0 unspecified atom stereocenters. The lowest BCUT2D eigenvalue weighted by Crippen LogP contribution is -2.36. The molecule has 2 aliphatic rings. The van der Waals surface area contributed by atoms with E-state index in [2.05, 4.69) is 4.98 Å². The van der Waals surface area contributed by atoms with Gasteiger partial charge in [-0.3, -0.25) is 4.79 Å². The van der Waals surface area contributed by atoms with E-state index in [0.717, 1.165) is 23.7 Å². The number of benzene rings is 1. The summed E-state index contributed by atoms with van der Waals surface area (Å²) in [6.45, 7) is 4.68. The fraction of sp³-hybridized carbons (Fsp3) is 0.474. The minimum absolute atomic E-state index is 0.0129. The van der Waals surface area contributed by atoms with Gasteiger partial charge in [0.1, 0.15) is 5.69 Å². The highest BCUT2D eigenvalue weighted by molar-refractivity contribution is 5.95. The first kappa shape index (κ1) is 15.5. The highest BCUT2D eigenvalue weighted by Gasteiger charge is 2.47. The van der Waals surface area contributed by atoms with Gasteiger partial charge in [-0.1, -0.05) is 24.3 Å². The van der Waals surface area contributed by atoms with Crippen LogP contribution in [0.5, 0.6) is 0 Å². The molecular weight excluding hydrogens is 304 g/mol. The van der Waals surface area contributed by atoms with Crippen molar-refractivity contribution in [1.29, 1.82) is 0 Å². The van der Waals surface area contributed by atoms with E-state index >= 15 is 0 Å². The molecule has 1 amide bonds. The molecule has 0 radical (unpaired) electrons. The number of aromatic nitrogens is 1. The highest BCUT2D eigenvalue weighted by Crippen LogP contribution is 2.36. The number of nitrogens with zero attached hydrogens (tertiary/aromatic N) is 2. The largest absolute Gasteiger partial charge is 0.376 e. The number of fused-ring (bicyclic) bond motifs is 1. The van der Waals surface area contributed by atoms with Crippen molar-refractivity contribution in [2.24, 2.45) is 0 Å². The Morgan fingerprint density at radius 2 is 2.25 bits per heavy atom. The normalized spacial score (nSPS) is 26.5. The van der Waals surface area contributed by atoms with Crippen molar-refractivity contribution in [3.63, 3.8) is 0 Å². The average Bonchev–Trinajstić information content (AvgIpc) is 3.21. The Morgan fingerprint density at radius 1 is 1.38 bits per heavy atom. The maximum absolute atomic E-state index is 12.8. The van der Waals surface area contributed by atoms with Gasteiger partial charge in [-0.25, -0.2) is 4.98 Å². The summed E-state index contributed by atoms with van der Waals surface area (Å²) in [5.74, 6) is -0.0129. The quantitative estimate of drug-likeness (QED) is 0.870. The third-order valence-electron chi connectivity index (χ3n) is 5.00. The predicted octanol–water partition coefficient (Wildman–Crippen LogP) is 2.64. The number of para-hydroxylation sites is 1. The number of hydrogen-bond donors (Lipinski definition) is 0. The van der Waals surface area contributed by atoms with E-state index in [9.17, 15) is 4.79 Å². The number of likely N-dealkylation sites (tertiary alicyclic amines) is 1. The fourth-order valence-electron chi connectivity index (χ4n) is 3.79. The molecule has 0 saturated carbocycles. The molecule has 2 atom stereocenters. The summed E-state index contributed by atoms with van der Waals surface area (Å²) in [4.78, 5) is 19.2. The van der Waals surface area contributed by atoms with Crippen LogP contribution in [-0.4, -0.2) is 53.8 Å². The zero-order valence-electron chi connectivity index (χ0n) is 13.9. The lowest BCUT2D eigenvalue weighted by atomic mass is 9.98. The van der Waals surface area contributed by atoms with Crippen LogP contribution in [0.1, 0.15) is 30.3 Å². The lowest BCUT2D eigenvalue weighted by molar-refractivity contribution is 0.00387. The number of carbonyl (C=O) groups is 1. The van der Waals surface area contributed by atoms with Crippen molar-refractivity contribution in [3.05, 3.63) is 42.1 Å². The first-order chi connectivity index (χ1) is 11.7. The van der Waals surface area contributed by atoms with Crippen LogP contribution in [0.4, 0.5) is 0 Å². The van der Waals surface area contributed by atoms with Crippen LogP contribution in [-0.2, 0) is 9.47 Å². The Hall–Kier alpha value is -1.98. The van der Waals surface area contributed by atoms with Crippen LogP contribution >= 0.6 is 0 Å².